The number of thiazole rings is 1. The summed E-state index contributed by atoms with van der Waals surface area (Å²) in [5.74, 6) is 0.0522. The van der Waals surface area contributed by atoms with E-state index in [0.717, 1.165) is 5.56 Å². The summed E-state index contributed by atoms with van der Waals surface area (Å²) >= 11 is 1.39. The van der Waals surface area contributed by atoms with Crippen molar-refractivity contribution >= 4 is 17.2 Å². The molecule has 4 heteroatoms. The lowest BCUT2D eigenvalue weighted by Gasteiger charge is -2.26. The zero-order valence-electron chi connectivity index (χ0n) is 10.5. The molecule has 0 aliphatic heterocycles. The Labute approximate surface area is 111 Å². The molecule has 3 nitrogen and oxygen atoms in total. The van der Waals surface area contributed by atoms with Gasteiger partial charge in [0.2, 0.25) is 0 Å². The molecule has 0 aliphatic rings. The third-order valence-electron chi connectivity index (χ3n) is 2.72. The number of hydrogen-bond donors (Lipinski definition) is 0. The van der Waals surface area contributed by atoms with Gasteiger partial charge in [-0.1, -0.05) is 30.3 Å². The van der Waals surface area contributed by atoms with E-state index < -0.39 is 0 Å². The molecular weight excluding hydrogens is 244 g/mol. The van der Waals surface area contributed by atoms with Crippen LogP contribution in [0.25, 0.3) is 0 Å². The average Bonchev–Trinajstić information content (AvgIpc) is 2.90. The molecule has 1 heterocycles. The molecule has 2 rings (SSSR count). The molecule has 1 amide bonds. The van der Waals surface area contributed by atoms with Gasteiger partial charge in [-0.15, -0.1) is 11.3 Å². The van der Waals surface area contributed by atoms with Gasteiger partial charge in [-0.05, 0) is 19.4 Å². The monoisotopic (exact) mass is 260 g/mol. The lowest BCUT2D eigenvalue weighted by atomic mass is 10.2. The molecule has 0 spiro atoms. The first kappa shape index (κ1) is 12.8. The Morgan fingerprint density at radius 1 is 1.33 bits per heavy atom. The van der Waals surface area contributed by atoms with Gasteiger partial charge in [-0.3, -0.25) is 9.78 Å². The lowest BCUT2D eigenvalue weighted by Crippen LogP contribution is -2.35. The van der Waals surface area contributed by atoms with Crippen LogP contribution >= 0.6 is 11.3 Å². The highest BCUT2D eigenvalue weighted by Crippen LogP contribution is 2.15. The van der Waals surface area contributed by atoms with Crippen molar-refractivity contribution < 1.29 is 4.79 Å². The van der Waals surface area contributed by atoms with Crippen molar-refractivity contribution in [2.75, 3.05) is 0 Å². The van der Waals surface area contributed by atoms with E-state index in [1.165, 1.54) is 11.3 Å². The van der Waals surface area contributed by atoms with Gasteiger partial charge in [0.25, 0.3) is 5.91 Å². The molecule has 0 saturated carbocycles. The van der Waals surface area contributed by atoms with Crippen molar-refractivity contribution in [3.8, 4) is 0 Å². The summed E-state index contributed by atoms with van der Waals surface area (Å²) in [6.45, 7) is 4.69. The summed E-state index contributed by atoms with van der Waals surface area (Å²) in [7, 11) is 0. The third-order valence-corrected chi connectivity index (χ3v) is 3.48. The highest BCUT2D eigenvalue weighted by molar-refractivity contribution is 7.11. The van der Waals surface area contributed by atoms with Gasteiger partial charge in [0.1, 0.15) is 4.88 Å². The van der Waals surface area contributed by atoms with Gasteiger partial charge in [-0.2, -0.15) is 0 Å². The second-order valence-electron chi connectivity index (χ2n) is 4.38. The van der Waals surface area contributed by atoms with E-state index in [2.05, 4.69) is 4.98 Å². The molecule has 94 valence electrons. The SMILES string of the molecule is CC(C)N(Cc1ccccc1)C(=O)c1cncs1. The van der Waals surface area contributed by atoms with Crippen molar-refractivity contribution in [3.63, 3.8) is 0 Å². The highest BCUT2D eigenvalue weighted by Gasteiger charge is 2.20. The second kappa shape index (κ2) is 5.78. The quantitative estimate of drug-likeness (QED) is 0.845. The van der Waals surface area contributed by atoms with E-state index in [0.29, 0.717) is 11.4 Å². The fourth-order valence-corrected chi connectivity index (χ4v) is 2.31. The number of carbonyl (C=O) groups excluding carboxylic acids is 1. The number of aromatic nitrogens is 1. The smallest absolute Gasteiger partial charge is 0.266 e. The van der Waals surface area contributed by atoms with Gasteiger partial charge < -0.3 is 4.90 Å². The molecule has 0 bridgehead atoms. The van der Waals surface area contributed by atoms with Crippen LogP contribution in [0.5, 0.6) is 0 Å². The Morgan fingerprint density at radius 3 is 2.61 bits per heavy atom. The molecular formula is C14H16N2OS. The van der Waals surface area contributed by atoms with Gasteiger partial charge in [0.05, 0.1) is 11.7 Å². The maximum absolute atomic E-state index is 12.3. The predicted molar refractivity (Wildman–Crippen MR) is 73.6 cm³/mol. The van der Waals surface area contributed by atoms with E-state index in [9.17, 15) is 4.79 Å². The van der Waals surface area contributed by atoms with Crippen LogP contribution in [0.2, 0.25) is 0 Å². The van der Waals surface area contributed by atoms with Crippen molar-refractivity contribution in [2.24, 2.45) is 0 Å². The number of hydrogen-bond acceptors (Lipinski definition) is 3. The summed E-state index contributed by atoms with van der Waals surface area (Å²) in [5.41, 5.74) is 2.83. The topological polar surface area (TPSA) is 33.2 Å². The minimum Gasteiger partial charge on any atom is -0.331 e. The molecule has 0 aliphatic carbocycles. The summed E-state index contributed by atoms with van der Waals surface area (Å²) < 4.78 is 0. The largest absolute Gasteiger partial charge is 0.331 e. The maximum Gasteiger partial charge on any atom is 0.266 e. The number of nitrogens with zero attached hydrogens (tertiary/aromatic N) is 2. The second-order valence-corrected chi connectivity index (χ2v) is 5.26. The van der Waals surface area contributed by atoms with E-state index in [-0.39, 0.29) is 11.9 Å². The molecule has 0 unspecified atom stereocenters. The zero-order valence-corrected chi connectivity index (χ0v) is 11.4. The Morgan fingerprint density at radius 2 is 2.06 bits per heavy atom. The Kier molecular flexibility index (Phi) is 4.10. The molecule has 0 fully saturated rings. The minimum absolute atomic E-state index is 0.0522. The first-order valence-corrected chi connectivity index (χ1v) is 6.80. The molecule has 0 atom stereocenters. The van der Waals surface area contributed by atoms with E-state index >= 15 is 0 Å². The van der Waals surface area contributed by atoms with Crippen LogP contribution in [-0.2, 0) is 6.54 Å². The minimum atomic E-state index is 0.0522. The van der Waals surface area contributed by atoms with Crippen LogP contribution in [0.3, 0.4) is 0 Å². The Hall–Kier alpha value is -1.68. The summed E-state index contributed by atoms with van der Waals surface area (Å²) in [6, 6.07) is 10.2. The molecule has 0 N–H and O–H groups in total. The number of carbonyl (C=O) groups is 1. The van der Waals surface area contributed by atoms with Crippen molar-refractivity contribution in [2.45, 2.75) is 26.4 Å². The standard InChI is InChI=1S/C14H16N2OS/c1-11(2)16(9-12-6-4-3-5-7-12)14(17)13-8-15-10-18-13/h3-8,10-11H,9H2,1-2H3. The van der Waals surface area contributed by atoms with Crippen molar-refractivity contribution in [1.29, 1.82) is 0 Å². The number of amides is 1. The zero-order chi connectivity index (χ0) is 13.0. The molecule has 0 saturated heterocycles. The van der Waals surface area contributed by atoms with E-state index in [4.69, 9.17) is 0 Å². The van der Waals surface area contributed by atoms with Crippen LogP contribution < -0.4 is 0 Å². The summed E-state index contributed by atoms with van der Waals surface area (Å²) in [4.78, 5) is 18.9. The molecule has 1 aromatic carbocycles. The number of rotatable bonds is 4. The van der Waals surface area contributed by atoms with E-state index in [1.807, 2.05) is 49.1 Å². The first-order valence-electron chi connectivity index (χ1n) is 5.92. The van der Waals surface area contributed by atoms with Crippen molar-refractivity contribution in [1.82, 2.24) is 9.88 Å². The normalized spacial score (nSPS) is 10.6. The Bertz CT molecular complexity index is 494. The molecule has 1 aromatic heterocycles. The summed E-state index contributed by atoms with van der Waals surface area (Å²) in [6.07, 6.45) is 1.63. The third kappa shape index (κ3) is 2.96. The molecule has 18 heavy (non-hydrogen) atoms. The fourth-order valence-electron chi connectivity index (χ4n) is 1.73. The Balaban J connectivity index is 2.17. The van der Waals surface area contributed by atoms with Crippen LogP contribution in [0.4, 0.5) is 0 Å². The average molecular weight is 260 g/mol. The van der Waals surface area contributed by atoms with Crippen LogP contribution in [0, 0.1) is 0 Å². The fraction of sp³-hybridized carbons (Fsp3) is 0.286. The number of benzene rings is 1. The van der Waals surface area contributed by atoms with Gasteiger partial charge in [0, 0.05) is 12.6 Å². The highest BCUT2D eigenvalue weighted by atomic mass is 32.1. The van der Waals surface area contributed by atoms with Crippen LogP contribution in [-0.4, -0.2) is 21.8 Å². The lowest BCUT2D eigenvalue weighted by molar-refractivity contribution is 0.0695. The van der Waals surface area contributed by atoms with Crippen LogP contribution in [0.15, 0.2) is 42.0 Å². The first-order chi connectivity index (χ1) is 8.68. The van der Waals surface area contributed by atoms with Gasteiger partial charge in [0.15, 0.2) is 0 Å². The van der Waals surface area contributed by atoms with Crippen LogP contribution in [0.1, 0.15) is 29.1 Å². The van der Waals surface area contributed by atoms with Crippen molar-refractivity contribution in [3.05, 3.63) is 52.5 Å². The molecule has 0 radical (unpaired) electrons. The van der Waals surface area contributed by atoms with E-state index in [1.54, 1.807) is 11.7 Å². The molecule has 2 aromatic rings. The summed E-state index contributed by atoms with van der Waals surface area (Å²) in [5, 5.41) is 0. The van der Waals surface area contributed by atoms with Gasteiger partial charge >= 0.3 is 0 Å². The predicted octanol–water partition coefficient (Wildman–Crippen LogP) is 3.19. The maximum atomic E-state index is 12.3. The van der Waals surface area contributed by atoms with Gasteiger partial charge in [-0.25, -0.2) is 0 Å².